The number of hydrogen-bond donors (Lipinski definition) is 2. The zero-order valence-electron chi connectivity index (χ0n) is 19.6. The van der Waals surface area contributed by atoms with Crippen LogP contribution in [0.15, 0.2) is 28.4 Å². The summed E-state index contributed by atoms with van der Waals surface area (Å²) in [6.45, 7) is 8.80. The number of morpholine rings is 1. The molecule has 0 unspecified atom stereocenters. The molecule has 0 aromatic carbocycles. The van der Waals surface area contributed by atoms with Crippen molar-refractivity contribution in [3.63, 3.8) is 0 Å². The average molecular weight is 472 g/mol. The normalized spacial score (nSPS) is 20.8. The van der Waals surface area contributed by atoms with Gasteiger partial charge in [0.15, 0.2) is 0 Å². The summed E-state index contributed by atoms with van der Waals surface area (Å²) in [5, 5.41) is 11.3. The van der Waals surface area contributed by atoms with Gasteiger partial charge in [-0.2, -0.15) is 0 Å². The summed E-state index contributed by atoms with van der Waals surface area (Å²) < 4.78 is 16.0. The molecule has 2 aliphatic rings. The fraction of sp³-hybridized carbons (Fsp3) is 0.458. The lowest BCUT2D eigenvalue weighted by Gasteiger charge is -2.30. The number of ketones is 1. The van der Waals surface area contributed by atoms with Gasteiger partial charge in [-0.05, 0) is 38.5 Å². The fourth-order valence-electron chi connectivity index (χ4n) is 4.57. The number of aromatic nitrogens is 1. The number of amides is 1. The molecule has 2 fully saturated rings. The molecule has 4 rings (SSSR count). The van der Waals surface area contributed by atoms with Crippen LogP contribution in [0.3, 0.4) is 0 Å². The maximum Gasteiger partial charge on any atom is 0.355 e. The van der Waals surface area contributed by atoms with Gasteiger partial charge in [0.2, 0.25) is 0 Å². The SMILES string of the molecule is CCOC(=O)c1[nH]c(C)c(C(O)=C2C(=O)C(=O)N(CCN3CCOCC3)[C@@H]2c2ccco2)c1C. The summed E-state index contributed by atoms with van der Waals surface area (Å²) in [6.07, 6.45) is 1.46. The molecule has 4 heterocycles. The Kier molecular flexibility index (Phi) is 6.90. The Morgan fingerprint density at radius 2 is 1.97 bits per heavy atom. The highest BCUT2D eigenvalue weighted by atomic mass is 16.5. The molecule has 2 aliphatic heterocycles. The Morgan fingerprint density at radius 1 is 1.24 bits per heavy atom. The number of aromatic amines is 1. The minimum absolute atomic E-state index is 0.0671. The smallest absolute Gasteiger partial charge is 0.355 e. The lowest BCUT2D eigenvalue weighted by molar-refractivity contribution is -0.140. The van der Waals surface area contributed by atoms with Crippen molar-refractivity contribution in [2.45, 2.75) is 26.8 Å². The van der Waals surface area contributed by atoms with E-state index in [0.29, 0.717) is 42.3 Å². The summed E-state index contributed by atoms with van der Waals surface area (Å²) in [5.74, 6) is -2.03. The molecule has 0 bridgehead atoms. The molecule has 182 valence electrons. The van der Waals surface area contributed by atoms with E-state index in [-0.39, 0.29) is 30.2 Å². The second-order valence-electron chi connectivity index (χ2n) is 8.31. The summed E-state index contributed by atoms with van der Waals surface area (Å²) >= 11 is 0. The molecular weight excluding hydrogens is 442 g/mol. The molecule has 2 saturated heterocycles. The molecular formula is C24H29N3O7. The zero-order valence-corrected chi connectivity index (χ0v) is 19.6. The Morgan fingerprint density at radius 3 is 2.62 bits per heavy atom. The summed E-state index contributed by atoms with van der Waals surface area (Å²) in [6, 6.07) is 2.46. The number of aryl methyl sites for hydroxylation is 1. The quantitative estimate of drug-likeness (QED) is 0.272. The Balaban J connectivity index is 1.74. The number of H-pyrrole nitrogens is 1. The molecule has 10 heteroatoms. The molecule has 0 aliphatic carbocycles. The van der Waals surface area contributed by atoms with Gasteiger partial charge in [-0.3, -0.25) is 14.5 Å². The number of furan rings is 1. The number of aliphatic hydroxyl groups is 1. The van der Waals surface area contributed by atoms with Crippen LogP contribution in [0.2, 0.25) is 0 Å². The first-order chi connectivity index (χ1) is 16.3. The van der Waals surface area contributed by atoms with Crippen molar-refractivity contribution >= 4 is 23.4 Å². The number of esters is 1. The minimum atomic E-state index is -0.879. The van der Waals surface area contributed by atoms with Crippen LogP contribution in [0.4, 0.5) is 0 Å². The maximum atomic E-state index is 13.2. The number of likely N-dealkylation sites (tertiary alicyclic amines) is 1. The highest BCUT2D eigenvalue weighted by Gasteiger charge is 2.47. The van der Waals surface area contributed by atoms with Gasteiger partial charge in [0.1, 0.15) is 23.3 Å². The fourth-order valence-corrected chi connectivity index (χ4v) is 4.57. The summed E-state index contributed by atoms with van der Waals surface area (Å²) in [7, 11) is 0. The monoisotopic (exact) mass is 471 g/mol. The van der Waals surface area contributed by atoms with Gasteiger partial charge in [-0.15, -0.1) is 0 Å². The molecule has 10 nitrogen and oxygen atoms in total. The van der Waals surface area contributed by atoms with Crippen LogP contribution in [-0.4, -0.2) is 83.5 Å². The Bertz CT molecular complexity index is 1110. The van der Waals surface area contributed by atoms with Crippen LogP contribution in [-0.2, 0) is 19.1 Å². The highest BCUT2D eigenvalue weighted by molar-refractivity contribution is 6.46. The number of hydrogen-bond acceptors (Lipinski definition) is 8. The van der Waals surface area contributed by atoms with E-state index in [1.165, 1.54) is 11.2 Å². The molecule has 34 heavy (non-hydrogen) atoms. The van der Waals surface area contributed by atoms with Crippen LogP contribution < -0.4 is 0 Å². The van der Waals surface area contributed by atoms with Crippen LogP contribution in [0.5, 0.6) is 0 Å². The van der Waals surface area contributed by atoms with E-state index in [2.05, 4.69) is 9.88 Å². The number of carbonyl (C=O) groups is 3. The van der Waals surface area contributed by atoms with E-state index in [4.69, 9.17) is 13.9 Å². The second kappa shape index (κ2) is 9.86. The molecule has 2 aromatic rings. The molecule has 1 amide bonds. The van der Waals surface area contributed by atoms with E-state index >= 15 is 0 Å². The van der Waals surface area contributed by atoms with E-state index in [1.54, 1.807) is 32.9 Å². The van der Waals surface area contributed by atoms with E-state index in [0.717, 1.165) is 13.1 Å². The largest absolute Gasteiger partial charge is 0.507 e. The molecule has 0 spiro atoms. The van der Waals surface area contributed by atoms with Crippen LogP contribution in [0.1, 0.15) is 46.0 Å². The number of nitrogens with one attached hydrogen (secondary N) is 1. The molecule has 0 saturated carbocycles. The molecule has 1 atom stereocenters. The number of ether oxygens (including phenoxy) is 2. The van der Waals surface area contributed by atoms with Crippen LogP contribution in [0.25, 0.3) is 5.76 Å². The first-order valence-corrected chi connectivity index (χ1v) is 11.3. The van der Waals surface area contributed by atoms with Crippen LogP contribution >= 0.6 is 0 Å². The zero-order chi connectivity index (χ0) is 24.4. The minimum Gasteiger partial charge on any atom is -0.507 e. The number of rotatable bonds is 7. The second-order valence-corrected chi connectivity index (χ2v) is 8.31. The van der Waals surface area contributed by atoms with Gasteiger partial charge in [0.25, 0.3) is 11.7 Å². The van der Waals surface area contributed by atoms with Gasteiger partial charge in [0, 0.05) is 37.4 Å². The summed E-state index contributed by atoms with van der Waals surface area (Å²) in [5.41, 5.74) is 1.34. The van der Waals surface area contributed by atoms with E-state index < -0.39 is 23.7 Å². The predicted octanol–water partition coefficient (Wildman–Crippen LogP) is 2.16. The third-order valence-electron chi connectivity index (χ3n) is 6.27. The summed E-state index contributed by atoms with van der Waals surface area (Å²) in [4.78, 5) is 45.1. The first kappa shape index (κ1) is 23.8. The third-order valence-corrected chi connectivity index (χ3v) is 6.27. The number of nitrogens with zero attached hydrogens (tertiary/aromatic N) is 2. The standard InChI is InChI=1S/C24H29N3O7/c1-4-33-24(31)19-14(2)17(15(3)25-19)21(28)18-20(16-6-5-11-34-16)27(23(30)22(18)29)8-7-26-9-12-32-13-10-26/h5-6,11,20,25,28H,4,7-10,12-13H2,1-3H3/t20-/m1/s1. The molecule has 2 N–H and O–H groups in total. The van der Waals surface area contributed by atoms with Gasteiger partial charge in [0.05, 0.1) is 31.7 Å². The number of Topliss-reactive ketones (excluding diaryl/α,β-unsaturated/α-hetero) is 1. The van der Waals surface area contributed by atoms with Crippen molar-refractivity contribution in [3.8, 4) is 0 Å². The number of carbonyl (C=O) groups excluding carboxylic acids is 3. The Hall–Kier alpha value is -3.37. The van der Waals surface area contributed by atoms with Gasteiger partial charge < -0.3 is 28.9 Å². The molecule has 2 aromatic heterocycles. The lowest BCUT2D eigenvalue weighted by Crippen LogP contribution is -2.42. The van der Waals surface area contributed by atoms with Gasteiger partial charge >= 0.3 is 5.97 Å². The van der Waals surface area contributed by atoms with E-state index in [9.17, 15) is 19.5 Å². The van der Waals surface area contributed by atoms with Crippen LogP contribution in [0, 0.1) is 13.8 Å². The van der Waals surface area contributed by atoms with Gasteiger partial charge in [-0.25, -0.2) is 4.79 Å². The van der Waals surface area contributed by atoms with Crippen molar-refractivity contribution in [3.05, 3.63) is 52.2 Å². The van der Waals surface area contributed by atoms with Crippen molar-refractivity contribution in [1.29, 1.82) is 0 Å². The third kappa shape index (κ3) is 4.26. The average Bonchev–Trinajstić information content (AvgIpc) is 3.51. The van der Waals surface area contributed by atoms with Gasteiger partial charge in [-0.1, -0.05) is 0 Å². The van der Waals surface area contributed by atoms with Crippen molar-refractivity contribution < 1.29 is 33.4 Å². The lowest BCUT2D eigenvalue weighted by atomic mass is 9.97. The topological polar surface area (TPSA) is 125 Å². The Labute approximate surface area is 197 Å². The van der Waals surface area contributed by atoms with Crippen molar-refractivity contribution in [1.82, 2.24) is 14.8 Å². The van der Waals surface area contributed by atoms with Crippen molar-refractivity contribution in [2.75, 3.05) is 46.0 Å². The van der Waals surface area contributed by atoms with Crippen molar-refractivity contribution in [2.24, 2.45) is 0 Å². The predicted molar refractivity (Wildman–Crippen MR) is 121 cm³/mol. The number of aliphatic hydroxyl groups excluding tert-OH is 1. The first-order valence-electron chi connectivity index (χ1n) is 11.3. The maximum absolute atomic E-state index is 13.2. The highest BCUT2D eigenvalue weighted by Crippen LogP contribution is 2.40. The molecule has 0 radical (unpaired) electrons. The van der Waals surface area contributed by atoms with E-state index in [1.807, 2.05) is 0 Å².